The van der Waals surface area contributed by atoms with Gasteiger partial charge in [0, 0.05) is 16.7 Å². The lowest BCUT2D eigenvalue weighted by Gasteiger charge is -2.15. The van der Waals surface area contributed by atoms with E-state index in [9.17, 15) is 14.0 Å². The zero-order chi connectivity index (χ0) is 21.8. The predicted octanol–water partition coefficient (Wildman–Crippen LogP) is 2.85. The summed E-state index contributed by atoms with van der Waals surface area (Å²) >= 11 is 0. The first-order chi connectivity index (χ1) is 15.0. The van der Waals surface area contributed by atoms with Gasteiger partial charge in [-0.3, -0.25) is 9.59 Å². The summed E-state index contributed by atoms with van der Waals surface area (Å²) in [6.45, 7) is 0. The van der Waals surface area contributed by atoms with Crippen molar-refractivity contribution in [2.45, 2.75) is 12.1 Å². The van der Waals surface area contributed by atoms with Crippen LogP contribution in [0.1, 0.15) is 27.5 Å². The smallest absolute Gasteiger partial charge is 0.304 e. The molecule has 7 heteroatoms. The highest BCUT2D eigenvalue weighted by Crippen LogP contribution is 2.27. The van der Waals surface area contributed by atoms with Gasteiger partial charge >= 0.3 is 5.91 Å². The molecule has 0 radical (unpaired) electrons. The van der Waals surface area contributed by atoms with Crippen molar-refractivity contribution in [3.8, 4) is 5.75 Å². The molecule has 1 aliphatic rings. The molecule has 1 heterocycles. The second-order valence-corrected chi connectivity index (χ2v) is 7.10. The molecular formula is C24H21FN3O3+. The number of hydrogen-bond acceptors (Lipinski definition) is 3. The third-order valence-corrected chi connectivity index (χ3v) is 5.08. The van der Waals surface area contributed by atoms with Crippen LogP contribution in [0, 0.1) is 5.82 Å². The molecule has 156 valence electrons. The van der Waals surface area contributed by atoms with Crippen LogP contribution >= 0.6 is 0 Å². The van der Waals surface area contributed by atoms with Crippen LogP contribution in [0.5, 0.6) is 5.75 Å². The number of hydrogen-bond donors (Lipinski definition) is 2. The molecule has 1 fully saturated rings. The largest absolute Gasteiger partial charge is 0.497 e. The van der Waals surface area contributed by atoms with Crippen molar-refractivity contribution in [1.29, 1.82) is 0 Å². The highest BCUT2D eigenvalue weighted by molar-refractivity contribution is 5.98. The Bertz CT molecular complexity index is 1110. The van der Waals surface area contributed by atoms with Crippen molar-refractivity contribution in [1.82, 2.24) is 10.7 Å². The number of methoxy groups -OCH3 is 1. The van der Waals surface area contributed by atoms with Crippen molar-refractivity contribution >= 4 is 18.0 Å². The highest BCUT2D eigenvalue weighted by Gasteiger charge is 2.47. The fraction of sp³-hybridized carbons (Fsp3) is 0.125. The Kier molecular flexibility index (Phi) is 5.75. The number of hydrazine groups is 1. The molecule has 0 unspecified atom stereocenters. The molecule has 0 bridgehead atoms. The van der Waals surface area contributed by atoms with Crippen LogP contribution in [0.15, 0.2) is 78.9 Å². The Hall–Kier alpha value is -4.00. The lowest BCUT2D eigenvalue weighted by atomic mass is 9.99. The van der Waals surface area contributed by atoms with Crippen LogP contribution < -0.4 is 15.5 Å². The SMILES string of the molecule is COc1ccc([C@H]2[C@H](NC(=O)c3ccccc3)C(=O)N/[N+]2=C\c2ccc(F)cc2)cc1. The first-order valence-corrected chi connectivity index (χ1v) is 9.74. The van der Waals surface area contributed by atoms with Gasteiger partial charge in [0.2, 0.25) is 12.3 Å². The summed E-state index contributed by atoms with van der Waals surface area (Å²) in [5.41, 5.74) is 4.77. The van der Waals surface area contributed by atoms with E-state index in [1.165, 1.54) is 12.1 Å². The summed E-state index contributed by atoms with van der Waals surface area (Å²) in [5.74, 6) is -0.353. The average Bonchev–Trinajstić information content (AvgIpc) is 3.10. The van der Waals surface area contributed by atoms with Crippen molar-refractivity contribution in [3.63, 3.8) is 0 Å². The topological polar surface area (TPSA) is 70.4 Å². The zero-order valence-corrected chi connectivity index (χ0v) is 16.8. The standard InChI is InChI=1S/C24H20FN3O3/c1-31-20-13-9-17(10-14-20)22-21(26-23(29)18-5-3-2-4-6-18)24(30)27-28(22)15-16-7-11-19(25)12-8-16/h2-15,21-22H,1H3,(H-,26,27,29,30)/p+1/b28-15-/t21-,22-/m0/s1. The first-order valence-electron chi connectivity index (χ1n) is 9.74. The van der Waals surface area contributed by atoms with E-state index >= 15 is 0 Å². The molecule has 0 spiro atoms. The minimum absolute atomic E-state index is 0.344. The molecule has 3 aromatic carbocycles. The van der Waals surface area contributed by atoms with Crippen molar-refractivity contribution < 1.29 is 23.4 Å². The van der Waals surface area contributed by atoms with Gasteiger partial charge in [-0.1, -0.05) is 18.2 Å². The molecule has 0 aliphatic carbocycles. The molecular weight excluding hydrogens is 397 g/mol. The van der Waals surface area contributed by atoms with Gasteiger partial charge in [-0.15, -0.1) is 10.1 Å². The van der Waals surface area contributed by atoms with Gasteiger partial charge in [0.05, 0.1) is 7.11 Å². The minimum Gasteiger partial charge on any atom is -0.497 e. The Morgan fingerprint density at radius 2 is 1.71 bits per heavy atom. The van der Waals surface area contributed by atoms with Gasteiger partial charge in [0.25, 0.3) is 5.91 Å². The molecule has 1 aliphatic heterocycles. The maximum absolute atomic E-state index is 13.3. The van der Waals surface area contributed by atoms with E-state index in [4.69, 9.17) is 4.74 Å². The average molecular weight is 418 g/mol. The number of ether oxygens (including phenoxy) is 1. The van der Waals surface area contributed by atoms with E-state index in [0.29, 0.717) is 16.9 Å². The normalized spacial score (nSPS) is 19.2. The zero-order valence-electron chi connectivity index (χ0n) is 16.8. The second-order valence-electron chi connectivity index (χ2n) is 7.10. The number of rotatable bonds is 5. The molecule has 0 saturated carbocycles. The molecule has 2 amide bonds. The quantitative estimate of drug-likeness (QED) is 0.626. The van der Waals surface area contributed by atoms with E-state index in [1.807, 2.05) is 18.2 Å². The first kappa shape index (κ1) is 20.3. The lowest BCUT2D eigenvalue weighted by Crippen LogP contribution is -2.42. The Balaban J connectivity index is 1.70. The van der Waals surface area contributed by atoms with Gasteiger partial charge in [0.15, 0.2) is 6.04 Å². The number of benzene rings is 3. The third-order valence-electron chi connectivity index (χ3n) is 5.08. The van der Waals surface area contributed by atoms with Crippen LogP contribution in [0.3, 0.4) is 0 Å². The number of nitrogens with one attached hydrogen (secondary N) is 2. The van der Waals surface area contributed by atoms with Gasteiger partial charge in [-0.2, -0.15) is 0 Å². The van der Waals surface area contributed by atoms with E-state index in [0.717, 1.165) is 5.56 Å². The van der Waals surface area contributed by atoms with Crippen LogP contribution in [-0.4, -0.2) is 35.9 Å². The van der Waals surface area contributed by atoms with Crippen LogP contribution in [0.2, 0.25) is 0 Å². The van der Waals surface area contributed by atoms with Gasteiger partial charge in [-0.05, 0) is 60.7 Å². The van der Waals surface area contributed by atoms with Crippen LogP contribution in [0.4, 0.5) is 4.39 Å². The summed E-state index contributed by atoms with van der Waals surface area (Å²) in [7, 11) is 1.58. The monoisotopic (exact) mass is 418 g/mol. The van der Waals surface area contributed by atoms with Gasteiger partial charge < -0.3 is 10.1 Å². The van der Waals surface area contributed by atoms with Gasteiger partial charge in [-0.25, -0.2) is 4.39 Å². The fourth-order valence-electron chi connectivity index (χ4n) is 3.51. The van der Waals surface area contributed by atoms with E-state index in [-0.39, 0.29) is 17.6 Å². The number of nitrogens with zero attached hydrogens (tertiary/aromatic N) is 1. The Labute approximate surface area is 179 Å². The van der Waals surface area contributed by atoms with Crippen molar-refractivity contribution in [2.75, 3.05) is 7.11 Å². The van der Waals surface area contributed by atoms with Crippen LogP contribution in [0.25, 0.3) is 0 Å². The summed E-state index contributed by atoms with van der Waals surface area (Å²) < 4.78 is 20.1. The number of carbonyl (C=O) groups is 2. The Morgan fingerprint density at radius 1 is 1.03 bits per heavy atom. The van der Waals surface area contributed by atoms with Gasteiger partial charge in [0.1, 0.15) is 11.6 Å². The fourth-order valence-corrected chi connectivity index (χ4v) is 3.51. The summed E-state index contributed by atoms with van der Waals surface area (Å²) in [5, 5.41) is 2.84. The molecule has 1 saturated heterocycles. The summed E-state index contributed by atoms with van der Waals surface area (Å²) in [6.07, 6.45) is 1.71. The molecule has 2 N–H and O–H groups in total. The van der Waals surface area contributed by atoms with E-state index in [2.05, 4.69) is 10.7 Å². The highest BCUT2D eigenvalue weighted by atomic mass is 19.1. The summed E-state index contributed by atoms with van der Waals surface area (Å²) in [6, 6.07) is 20.6. The molecule has 6 nitrogen and oxygen atoms in total. The number of hydrazone groups is 1. The lowest BCUT2D eigenvalue weighted by molar-refractivity contribution is -0.596. The van der Waals surface area contributed by atoms with E-state index < -0.39 is 12.1 Å². The molecule has 31 heavy (non-hydrogen) atoms. The van der Waals surface area contributed by atoms with Crippen LogP contribution in [-0.2, 0) is 4.79 Å². The molecule has 0 aromatic heterocycles. The number of amides is 2. The molecule has 4 rings (SSSR count). The van der Waals surface area contributed by atoms with Crippen molar-refractivity contribution in [3.05, 3.63) is 101 Å². The third kappa shape index (κ3) is 4.45. The number of carbonyl (C=O) groups excluding carboxylic acids is 2. The Morgan fingerprint density at radius 3 is 2.35 bits per heavy atom. The minimum atomic E-state index is -0.835. The summed E-state index contributed by atoms with van der Waals surface area (Å²) in [4.78, 5) is 25.6. The number of halogens is 1. The van der Waals surface area contributed by atoms with E-state index in [1.54, 1.807) is 66.5 Å². The molecule has 2 atom stereocenters. The predicted molar refractivity (Wildman–Crippen MR) is 113 cm³/mol. The second kappa shape index (κ2) is 8.79. The van der Waals surface area contributed by atoms with Crippen molar-refractivity contribution in [2.24, 2.45) is 0 Å². The maximum atomic E-state index is 13.3. The maximum Gasteiger partial charge on any atom is 0.304 e. The molecule has 3 aromatic rings.